The van der Waals surface area contributed by atoms with Crippen LogP contribution in [-0.2, 0) is 50.6 Å². The van der Waals surface area contributed by atoms with E-state index in [9.17, 15) is 84.3 Å². The average Bonchev–Trinajstić information content (AvgIpc) is 1.24. The number of carbonyl (C=O) groups is 3. The van der Waals surface area contributed by atoms with Crippen LogP contribution in [0.5, 0.6) is 11.5 Å². The summed E-state index contributed by atoms with van der Waals surface area (Å²) in [5, 5.41) is 16.3. The van der Waals surface area contributed by atoms with Crippen LogP contribution in [0.15, 0.2) is 163 Å². The summed E-state index contributed by atoms with van der Waals surface area (Å²) in [5.41, 5.74) is -7.05. The predicted molar refractivity (Wildman–Crippen MR) is 299 cm³/mol. The van der Waals surface area contributed by atoms with Crippen LogP contribution in [0.4, 0.5) is 34.6 Å². The summed E-state index contributed by atoms with van der Waals surface area (Å²) in [7, 11) is -26.3. The summed E-state index contributed by atoms with van der Waals surface area (Å²) in [4.78, 5) is 65.9. The number of hydrogen-bond donors (Lipinski definition) is 10. The van der Waals surface area contributed by atoms with E-state index in [1.165, 1.54) is 66.7 Å². The van der Waals surface area contributed by atoms with Gasteiger partial charge in [0, 0.05) is 28.1 Å². The number of ketones is 2. The van der Waals surface area contributed by atoms with Crippen molar-refractivity contribution in [3.63, 3.8) is 0 Å². The standard InChI is InChI=1S/C51H32ClN7O21S5/c52-49-57-50(54-31-11-4-3-10-30(31)48(63)64)59-51(58-49)55-33-20-32(37(83(71,72)73)22-38(33)84(74,75)76)53-34-21-36(80-35-17-14-24(19-39(35)85(77,78)79)23-12-15-26(16-13-23)81(65,66)67)44-42-40(28-8-1-2-9-29(28)46(61)41(34)42)43(47(62)56-44)45(60)25-6-5-7-27(18-25)82(68,69)70/h1-22,53H,(H,56,62)(H,63,64)(H,65,66,67)(H,68,69,70)(H,71,72,73)(H,74,75,76)(H,77,78,79)(H2,54,55,57,58,59). The number of nitrogens with one attached hydrogen (secondary N) is 4. The largest absolute Gasteiger partial charge is 0.478 e. The van der Waals surface area contributed by atoms with Crippen molar-refractivity contribution in [2.45, 2.75) is 24.5 Å². The summed E-state index contributed by atoms with van der Waals surface area (Å²) < 4.78 is 185. The first-order chi connectivity index (χ1) is 39.8. The number of nitrogens with zero attached hydrogens (tertiary/aromatic N) is 3. The number of carbonyl (C=O) groups excluding carboxylic acids is 2. The number of aromatic nitrogens is 4. The minimum absolute atomic E-state index is 0.0103. The summed E-state index contributed by atoms with van der Waals surface area (Å²) in [6.45, 7) is 0. The van der Waals surface area contributed by atoms with Gasteiger partial charge in [-0.25, -0.2) is 4.79 Å². The third-order valence-electron chi connectivity index (χ3n) is 12.6. The lowest BCUT2D eigenvalue weighted by Gasteiger charge is -2.26. The maximum absolute atomic E-state index is 15.2. The number of benzene rings is 7. The van der Waals surface area contributed by atoms with Crippen molar-refractivity contribution < 1.29 is 89.1 Å². The van der Waals surface area contributed by atoms with E-state index in [-0.39, 0.29) is 39.6 Å². The number of fused-ring (bicyclic) bond motifs is 2. The lowest BCUT2D eigenvalue weighted by atomic mass is 9.80. The molecule has 0 bridgehead atoms. The van der Waals surface area contributed by atoms with E-state index < -0.39 is 177 Å². The molecule has 85 heavy (non-hydrogen) atoms. The molecule has 0 saturated carbocycles. The molecule has 0 spiro atoms. The first kappa shape index (κ1) is 58.8. The maximum atomic E-state index is 15.2. The predicted octanol–water partition coefficient (Wildman–Crippen LogP) is 7.43. The Morgan fingerprint density at radius 3 is 1.69 bits per heavy atom. The fourth-order valence-corrected chi connectivity index (χ4v) is 12.2. The molecule has 434 valence electrons. The van der Waals surface area contributed by atoms with Crippen LogP contribution < -0.4 is 26.2 Å². The monoisotopic (exact) mass is 1270 g/mol. The Kier molecular flexibility index (Phi) is 14.8. The highest BCUT2D eigenvalue weighted by molar-refractivity contribution is 7.87. The molecule has 0 atom stereocenters. The number of aromatic carboxylic acids is 1. The molecule has 34 heteroatoms. The Balaban J connectivity index is 1.23. The van der Waals surface area contributed by atoms with Crippen molar-refractivity contribution in [1.29, 1.82) is 0 Å². The van der Waals surface area contributed by atoms with Gasteiger partial charge >= 0.3 is 5.97 Å². The number of carboxylic acids is 1. The molecule has 0 aliphatic heterocycles. The van der Waals surface area contributed by atoms with Gasteiger partial charge in [-0.15, -0.1) is 0 Å². The molecule has 0 unspecified atom stereocenters. The van der Waals surface area contributed by atoms with E-state index in [0.29, 0.717) is 6.07 Å². The molecule has 9 aromatic rings. The van der Waals surface area contributed by atoms with Crippen molar-refractivity contribution in [1.82, 2.24) is 19.9 Å². The number of para-hydroxylation sites is 1. The average molecular weight is 1270 g/mol. The quantitative estimate of drug-likeness (QED) is 0.0313. The zero-order chi connectivity index (χ0) is 61.5. The number of halogens is 1. The first-order valence-electron chi connectivity index (χ1n) is 23.3. The SMILES string of the molecule is O=C(O)c1ccccc1Nc1nc(Cl)nc(Nc2cc(Nc3cc(Oc4ccc(-c5ccc(S(=O)(=O)O)cc5)cc4S(=O)(=O)O)c4[nH]c(=O)c(C(=O)c5cccc(S(=O)(=O)O)c5)c5c4c3C(=O)c3ccccc3-5)c(S(=O)(=O)O)cc2S(=O)(=O)O)n1. The third kappa shape index (κ3) is 11.7. The highest BCUT2D eigenvalue weighted by atomic mass is 35.5. The van der Waals surface area contributed by atoms with E-state index >= 15 is 4.79 Å². The van der Waals surface area contributed by atoms with Gasteiger partial charge in [0.1, 0.15) is 20.4 Å². The second-order valence-electron chi connectivity index (χ2n) is 18.0. The van der Waals surface area contributed by atoms with Gasteiger partial charge in [0.15, 0.2) is 17.3 Å². The van der Waals surface area contributed by atoms with Gasteiger partial charge in [0.25, 0.3) is 56.1 Å². The molecule has 0 saturated heterocycles. The van der Waals surface area contributed by atoms with E-state index in [1.54, 1.807) is 0 Å². The van der Waals surface area contributed by atoms with Crippen molar-refractivity contribution in [2.75, 3.05) is 16.0 Å². The summed E-state index contributed by atoms with van der Waals surface area (Å²) in [5.74, 6) is -6.16. The van der Waals surface area contributed by atoms with Crippen LogP contribution in [0.25, 0.3) is 33.2 Å². The molecule has 2 heterocycles. The Morgan fingerprint density at radius 1 is 0.506 bits per heavy atom. The molecule has 7 aromatic carbocycles. The zero-order valence-corrected chi connectivity index (χ0v) is 46.6. The van der Waals surface area contributed by atoms with Gasteiger partial charge in [-0.3, -0.25) is 37.1 Å². The Bertz CT molecular complexity index is 5110. The number of hydrogen-bond acceptors (Lipinski definition) is 21. The molecule has 1 aliphatic rings. The van der Waals surface area contributed by atoms with Gasteiger partial charge in [0.05, 0.1) is 54.7 Å². The highest BCUT2D eigenvalue weighted by Crippen LogP contribution is 2.49. The molecule has 0 radical (unpaired) electrons. The molecule has 0 fully saturated rings. The maximum Gasteiger partial charge on any atom is 0.337 e. The molecular formula is C51H32ClN7O21S5. The smallest absolute Gasteiger partial charge is 0.337 e. The second-order valence-corrected chi connectivity index (χ2v) is 25.3. The van der Waals surface area contributed by atoms with Crippen LogP contribution in [0.3, 0.4) is 0 Å². The fourth-order valence-electron chi connectivity index (χ4n) is 9.05. The van der Waals surface area contributed by atoms with E-state index in [1.807, 2.05) is 0 Å². The van der Waals surface area contributed by atoms with Crippen molar-refractivity contribution in [3.8, 4) is 33.8 Å². The van der Waals surface area contributed by atoms with Crippen molar-refractivity contribution >= 4 is 125 Å². The van der Waals surface area contributed by atoms with Crippen LogP contribution in [0, 0.1) is 0 Å². The molecule has 1 aliphatic carbocycles. The van der Waals surface area contributed by atoms with Crippen LogP contribution >= 0.6 is 11.6 Å². The zero-order valence-electron chi connectivity index (χ0n) is 41.8. The van der Waals surface area contributed by atoms with Gasteiger partial charge in [0.2, 0.25) is 17.2 Å². The van der Waals surface area contributed by atoms with Crippen molar-refractivity contribution in [2.24, 2.45) is 0 Å². The van der Waals surface area contributed by atoms with Gasteiger partial charge in [-0.1, -0.05) is 66.7 Å². The number of rotatable bonds is 17. The third-order valence-corrected chi connectivity index (χ3v) is 17.2. The Hall–Kier alpha value is -9.39. The number of carboxylic acid groups (broad SMARTS) is 1. The van der Waals surface area contributed by atoms with Crippen LogP contribution in [0.2, 0.25) is 5.28 Å². The number of ether oxygens (including phenoxy) is 1. The summed E-state index contributed by atoms with van der Waals surface area (Å²) in [6, 6.07) is 23.7. The number of anilines is 6. The molecular weight excluding hydrogens is 1240 g/mol. The molecule has 28 nitrogen and oxygen atoms in total. The van der Waals surface area contributed by atoms with Crippen LogP contribution in [-0.4, -0.2) is 107 Å². The van der Waals surface area contributed by atoms with E-state index in [2.05, 4.69) is 35.9 Å². The highest BCUT2D eigenvalue weighted by Gasteiger charge is 2.37. The molecule has 2 aromatic heterocycles. The summed E-state index contributed by atoms with van der Waals surface area (Å²) in [6.07, 6.45) is 0. The minimum Gasteiger partial charge on any atom is -0.478 e. The van der Waals surface area contributed by atoms with Gasteiger partial charge in [-0.2, -0.15) is 57.0 Å². The number of pyridine rings is 1. The first-order valence-corrected chi connectivity index (χ1v) is 30.9. The van der Waals surface area contributed by atoms with Gasteiger partial charge in [-0.05, 0) is 89.0 Å². The lowest BCUT2D eigenvalue weighted by molar-refractivity contribution is 0.0697. The second kappa shape index (κ2) is 21.3. The fraction of sp³-hybridized carbons (Fsp3) is 0. The Morgan fingerprint density at radius 2 is 1.08 bits per heavy atom. The lowest BCUT2D eigenvalue weighted by Crippen LogP contribution is -2.24. The van der Waals surface area contributed by atoms with Crippen molar-refractivity contribution in [3.05, 3.63) is 177 Å². The van der Waals surface area contributed by atoms with E-state index in [0.717, 1.165) is 54.6 Å². The molecule has 10 N–H and O–H groups in total. The van der Waals surface area contributed by atoms with Crippen LogP contribution in [0.1, 0.15) is 42.2 Å². The molecule has 10 rings (SSSR count). The van der Waals surface area contributed by atoms with Gasteiger partial charge < -0.3 is 30.8 Å². The normalized spacial score (nSPS) is 12.6. The Labute approximate surface area is 482 Å². The summed E-state index contributed by atoms with van der Waals surface area (Å²) >= 11 is 6.20. The molecule has 0 amide bonds. The number of aromatic amines is 1. The minimum atomic E-state index is -5.68. The topological polar surface area (TPSA) is 460 Å². The van der Waals surface area contributed by atoms with E-state index in [4.69, 9.17) is 16.3 Å². The number of H-pyrrole nitrogens is 1.